The number of nitrogens with zero attached hydrogens (tertiary/aromatic N) is 2. The van der Waals surface area contributed by atoms with Crippen molar-refractivity contribution in [2.75, 3.05) is 0 Å². The molecule has 1 atom stereocenters. The average molecular weight is 362 g/mol. The van der Waals surface area contributed by atoms with Gasteiger partial charge in [-0.1, -0.05) is 23.7 Å². The number of carbonyl (C=O) groups is 1. The molecule has 2 heterocycles. The first-order valence-electron chi connectivity index (χ1n) is 7.52. The van der Waals surface area contributed by atoms with Gasteiger partial charge in [0.05, 0.1) is 17.8 Å². The first-order valence-corrected chi connectivity index (χ1v) is 8.78. The molecule has 1 N–H and O–H groups in total. The molecule has 24 heavy (non-hydrogen) atoms. The van der Waals surface area contributed by atoms with Crippen LogP contribution in [-0.2, 0) is 11.3 Å². The van der Waals surface area contributed by atoms with Crippen LogP contribution in [0.25, 0.3) is 10.2 Å². The van der Waals surface area contributed by atoms with Gasteiger partial charge < -0.3 is 5.32 Å². The Labute approximate surface area is 147 Å². The lowest BCUT2D eigenvalue weighted by Gasteiger charge is -2.15. The Balaban J connectivity index is 1.62. The van der Waals surface area contributed by atoms with E-state index in [4.69, 9.17) is 11.6 Å². The fourth-order valence-corrected chi connectivity index (χ4v) is 3.37. The minimum absolute atomic E-state index is 0.114. The van der Waals surface area contributed by atoms with Crippen LogP contribution >= 0.6 is 22.9 Å². The van der Waals surface area contributed by atoms with Gasteiger partial charge in [0.25, 0.3) is 5.56 Å². The standard InChI is InChI=1S/C17H16ClN3O2S/c1-11(12-3-2-4-13(18)9-12)20-15(22)5-7-21-10-19-16-14(17(21)23)6-8-24-16/h2-4,6,8-11H,5,7H2,1H3,(H,20,22)/t11-/m1/s1. The SMILES string of the molecule is C[C@@H](NC(=O)CCn1cnc2sccc2c1=O)c1cccc(Cl)c1. The summed E-state index contributed by atoms with van der Waals surface area (Å²) in [6.07, 6.45) is 1.71. The number of aromatic nitrogens is 2. The highest BCUT2D eigenvalue weighted by molar-refractivity contribution is 7.16. The zero-order valence-corrected chi connectivity index (χ0v) is 14.6. The van der Waals surface area contributed by atoms with Gasteiger partial charge in [-0.05, 0) is 36.1 Å². The van der Waals surface area contributed by atoms with Crippen LogP contribution in [0.4, 0.5) is 0 Å². The lowest BCUT2D eigenvalue weighted by Crippen LogP contribution is -2.29. The maximum atomic E-state index is 12.3. The molecule has 0 fully saturated rings. The molecule has 1 amide bonds. The van der Waals surface area contributed by atoms with Crippen molar-refractivity contribution in [3.63, 3.8) is 0 Å². The monoisotopic (exact) mass is 361 g/mol. The first-order chi connectivity index (χ1) is 11.5. The summed E-state index contributed by atoms with van der Waals surface area (Å²) in [5, 5.41) is 5.98. The number of fused-ring (bicyclic) bond motifs is 1. The van der Waals surface area contributed by atoms with E-state index in [0.29, 0.717) is 17.0 Å². The minimum Gasteiger partial charge on any atom is -0.350 e. The Morgan fingerprint density at radius 1 is 1.42 bits per heavy atom. The fraction of sp³-hybridized carbons (Fsp3) is 0.235. The summed E-state index contributed by atoms with van der Waals surface area (Å²) in [5.74, 6) is -0.125. The first kappa shape index (κ1) is 16.7. The van der Waals surface area contributed by atoms with E-state index in [1.807, 2.05) is 30.5 Å². The lowest BCUT2D eigenvalue weighted by atomic mass is 10.1. The molecule has 0 aliphatic rings. The molecule has 3 rings (SSSR count). The second kappa shape index (κ2) is 7.15. The smallest absolute Gasteiger partial charge is 0.262 e. The normalized spacial score (nSPS) is 12.2. The van der Waals surface area contributed by atoms with Crippen molar-refractivity contribution in [3.8, 4) is 0 Å². The van der Waals surface area contributed by atoms with Gasteiger partial charge in [-0.2, -0.15) is 0 Å². The Hall–Kier alpha value is -2.18. The predicted molar refractivity (Wildman–Crippen MR) is 96.5 cm³/mol. The number of aryl methyl sites for hydroxylation is 1. The van der Waals surface area contributed by atoms with Crippen LogP contribution in [-0.4, -0.2) is 15.5 Å². The summed E-state index contributed by atoms with van der Waals surface area (Å²) in [7, 11) is 0. The number of hydrogen-bond donors (Lipinski definition) is 1. The van der Waals surface area contributed by atoms with E-state index in [1.165, 1.54) is 22.2 Å². The molecule has 0 bridgehead atoms. The minimum atomic E-state index is -0.148. The van der Waals surface area contributed by atoms with E-state index in [2.05, 4.69) is 10.3 Å². The predicted octanol–water partition coefficient (Wildman–Crippen LogP) is 3.38. The van der Waals surface area contributed by atoms with Crippen LogP contribution in [0.3, 0.4) is 0 Å². The van der Waals surface area contributed by atoms with Crippen molar-refractivity contribution in [1.82, 2.24) is 14.9 Å². The molecular formula is C17H16ClN3O2S. The third kappa shape index (κ3) is 3.66. The van der Waals surface area contributed by atoms with Crippen molar-refractivity contribution in [2.45, 2.75) is 25.9 Å². The summed E-state index contributed by atoms with van der Waals surface area (Å²) in [6, 6.07) is 8.99. The van der Waals surface area contributed by atoms with Gasteiger partial charge in [-0.3, -0.25) is 14.2 Å². The van der Waals surface area contributed by atoms with E-state index in [0.717, 1.165) is 10.4 Å². The molecule has 3 aromatic rings. The molecule has 0 saturated carbocycles. The van der Waals surface area contributed by atoms with Crippen LogP contribution < -0.4 is 10.9 Å². The Bertz CT molecular complexity index is 935. The third-order valence-electron chi connectivity index (χ3n) is 3.76. The van der Waals surface area contributed by atoms with Crippen molar-refractivity contribution >= 4 is 39.1 Å². The van der Waals surface area contributed by atoms with Crippen molar-refractivity contribution in [1.29, 1.82) is 0 Å². The molecule has 124 valence electrons. The summed E-state index contributed by atoms with van der Waals surface area (Å²) in [5.41, 5.74) is 0.825. The van der Waals surface area contributed by atoms with E-state index >= 15 is 0 Å². The quantitative estimate of drug-likeness (QED) is 0.757. The van der Waals surface area contributed by atoms with Gasteiger partial charge in [0.1, 0.15) is 4.83 Å². The highest BCUT2D eigenvalue weighted by Gasteiger charge is 2.11. The topological polar surface area (TPSA) is 64.0 Å². The number of thiophene rings is 1. The maximum absolute atomic E-state index is 12.3. The number of nitrogens with one attached hydrogen (secondary N) is 1. The molecule has 0 aliphatic carbocycles. The van der Waals surface area contributed by atoms with Crippen LogP contribution in [0.1, 0.15) is 24.9 Å². The van der Waals surface area contributed by atoms with Gasteiger partial charge in [-0.25, -0.2) is 4.98 Å². The van der Waals surface area contributed by atoms with Crippen molar-refractivity contribution in [2.24, 2.45) is 0 Å². The van der Waals surface area contributed by atoms with E-state index in [9.17, 15) is 9.59 Å². The van der Waals surface area contributed by atoms with Crippen LogP contribution in [0.5, 0.6) is 0 Å². The molecule has 0 unspecified atom stereocenters. The summed E-state index contributed by atoms with van der Waals surface area (Å²) >= 11 is 7.39. The van der Waals surface area contributed by atoms with Gasteiger partial charge in [0.15, 0.2) is 0 Å². The Kier molecular flexibility index (Phi) is 4.97. The Morgan fingerprint density at radius 3 is 3.04 bits per heavy atom. The number of carbonyl (C=O) groups excluding carboxylic acids is 1. The average Bonchev–Trinajstić information content (AvgIpc) is 3.03. The largest absolute Gasteiger partial charge is 0.350 e. The lowest BCUT2D eigenvalue weighted by molar-refractivity contribution is -0.121. The zero-order chi connectivity index (χ0) is 17.1. The molecule has 0 spiro atoms. The molecule has 0 aliphatic heterocycles. The number of hydrogen-bond acceptors (Lipinski definition) is 4. The van der Waals surface area contributed by atoms with E-state index in [-0.39, 0.29) is 23.9 Å². The number of rotatable bonds is 5. The highest BCUT2D eigenvalue weighted by Crippen LogP contribution is 2.17. The molecular weight excluding hydrogens is 346 g/mol. The zero-order valence-electron chi connectivity index (χ0n) is 13.0. The van der Waals surface area contributed by atoms with Crippen molar-refractivity contribution in [3.05, 3.63) is 63.0 Å². The number of halogens is 1. The fourth-order valence-electron chi connectivity index (χ4n) is 2.45. The number of benzene rings is 1. The molecule has 5 nitrogen and oxygen atoms in total. The number of amides is 1. The summed E-state index contributed by atoms with van der Waals surface area (Å²) < 4.78 is 1.47. The van der Waals surface area contributed by atoms with Gasteiger partial charge in [-0.15, -0.1) is 11.3 Å². The van der Waals surface area contributed by atoms with Gasteiger partial charge >= 0.3 is 0 Å². The Morgan fingerprint density at radius 2 is 2.25 bits per heavy atom. The van der Waals surface area contributed by atoms with Crippen LogP contribution in [0, 0.1) is 0 Å². The van der Waals surface area contributed by atoms with E-state index < -0.39 is 0 Å². The second-order valence-corrected chi connectivity index (χ2v) is 6.81. The molecule has 1 aromatic carbocycles. The molecule has 0 saturated heterocycles. The van der Waals surface area contributed by atoms with Crippen LogP contribution in [0.2, 0.25) is 5.02 Å². The van der Waals surface area contributed by atoms with Gasteiger partial charge in [0, 0.05) is 18.0 Å². The van der Waals surface area contributed by atoms with Crippen molar-refractivity contribution < 1.29 is 4.79 Å². The van der Waals surface area contributed by atoms with Gasteiger partial charge in [0.2, 0.25) is 5.91 Å². The summed E-state index contributed by atoms with van der Waals surface area (Å²) in [4.78, 5) is 29.3. The maximum Gasteiger partial charge on any atom is 0.262 e. The van der Waals surface area contributed by atoms with E-state index in [1.54, 1.807) is 12.1 Å². The van der Waals surface area contributed by atoms with Crippen LogP contribution in [0.15, 0.2) is 46.8 Å². The molecule has 7 heteroatoms. The summed E-state index contributed by atoms with van der Waals surface area (Å²) in [6.45, 7) is 2.19. The molecule has 2 aromatic heterocycles. The second-order valence-electron chi connectivity index (χ2n) is 5.48. The molecule has 0 radical (unpaired) electrons. The highest BCUT2D eigenvalue weighted by atomic mass is 35.5. The third-order valence-corrected chi connectivity index (χ3v) is 4.81.